The fraction of sp³-hybridized carbons (Fsp3) is 0. The van der Waals surface area contributed by atoms with Gasteiger partial charge in [-0.3, -0.25) is 4.79 Å². The van der Waals surface area contributed by atoms with E-state index in [1.807, 2.05) is 6.07 Å². The van der Waals surface area contributed by atoms with Crippen LogP contribution in [-0.2, 0) is 0 Å². The minimum Gasteiger partial charge on any atom is -0.267 e. The number of benzene rings is 2. The highest BCUT2D eigenvalue weighted by atomic mass is 79.9. The lowest BCUT2D eigenvalue weighted by Gasteiger charge is -2.01. The van der Waals surface area contributed by atoms with Crippen molar-refractivity contribution in [1.29, 1.82) is 0 Å². The first-order valence-corrected chi connectivity index (χ1v) is 6.29. The zero-order chi connectivity index (χ0) is 13.7. The van der Waals surface area contributed by atoms with Crippen molar-refractivity contribution in [3.05, 3.63) is 69.9 Å². The van der Waals surface area contributed by atoms with Crippen molar-refractivity contribution in [2.24, 2.45) is 5.10 Å². The third-order valence-electron chi connectivity index (χ3n) is 2.37. The first-order valence-electron chi connectivity index (χ1n) is 5.50. The predicted molar refractivity (Wildman–Crippen MR) is 75.6 cm³/mol. The SMILES string of the molecule is O=C(N/N=C/c1ccc(F)cc1)c1ccccc1Br. The minimum absolute atomic E-state index is 0.311. The Morgan fingerprint density at radius 1 is 1.16 bits per heavy atom. The quantitative estimate of drug-likeness (QED) is 0.684. The van der Waals surface area contributed by atoms with Gasteiger partial charge in [0.2, 0.25) is 0 Å². The summed E-state index contributed by atoms with van der Waals surface area (Å²) in [6, 6.07) is 12.9. The van der Waals surface area contributed by atoms with Crippen molar-refractivity contribution in [3.8, 4) is 0 Å². The maximum atomic E-state index is 12.7. The van der Waals surface area contributed by atoms with Crippen LogP contribution in [0.1, 0.15) is 15.9 Å². The number of hydrogen-bond donors (Lipinski definition) is 1. The van der Waals surface area contributed by atoms with Crippen LogP contribution in [0.2, 0.25) is 0 Å². The van der Waals surface area contributed by atoms with Gasteiger partial charge < -0.3 is 0 Å². The van der Waals surface area contributed by atoms with Crippen molar-refractivity contribution in [1.82, 2.24) is 5.43 Å². The topological polar surface area (TPSA) is 41.5 Å². The molecule has 0 heterocycles. The van der Waals surface area contributed by atoms with Gasteiger partial charge in [-0.1, -0.05) is 24.3 Å². The van der Waals surface area contributed by atoms with Crippen LogP contribution in [0.15, 0.2) is 58.1 Å². The van der Waals surface area contributed by atoms with Crippen LogP contribution in [-0.4, -0.2) is 12.1 Å². The fourth-order valence-electron chi connectivity index (χ4n) is 1.42. The van der Waals surface area contributed by atoms with Crippen LogP contribution < -0.4 is 5.43 Å². The molecule has 5 heteroatoms. The average Bonchev–Trinajstić information content (AvgIpc) is 2.41. The zero-order valence-electron chi connectivity index (χ0n) is 9.81. The van der Waals surface area contributed by atoms with Crippen molar-refractivity contribution in [3.63, 3.8) is 0 Å². The molecule has 0 atom stereocenters. The molecule has 1 amide bonds. The summed E-state index contributed by atoms with van der Waals surface area (Å²) in [5.74, 6) is -0.625. The number of carbonyl (C=O) groups is 1. The third kappa shape index (κ3) is 3.72. The molecular weight excluding hydrogens is 311 g/mol. The van der Waals surface area contributed by atoms with Crippen LogP contribution >= 0.6 is 15.9 Å². The van der Waals surface area contributed by atoms with Gasteiger partial charge in [0.05, 0.1) is 11.8 Å². The zero-order valence-corrected chi connectivity index (χ0v) is 11.4. The van der Waals surface area contributed by atoms with Gasteiger partial charge in [-0.2, -0.15) is 5.10 Å². The Bertz CT molecular complexity index is 611. The van der Waals surface area contributed by atoms with Gasteiger partial charge >= 0.3 is 0 Å². The first-order chi connectivity index (χ1) is 9.16. The van der Waals surface area contributed by atoms with Crippen molar-refractivity contribution in [2.45, 2.75) is 0 Å². The van der Waals surface area contributed by atoms with Gasteiger partial charge in [-0.15, -0.1) is 0 Å². The molecule has 0 saturated carbocycles. The second-order valence-corrected chi connectivity index (χ2v) is 4.58. The van der Waals surface area contributed by atoms with Gasteiger partial charge in [0.15, 0.2) is 0 Å². The van der Waals surface area contributed by atoms with Gasteiger partial charge in [-0.25, -0.2) is 9.82 Å². The Morgan fingerprint density at radius 3 is 2.53 bits per heavy atom. The van der Waals surface area contributed by atoms with E-state index in [9.17, 15) is 9.18 Å². The smallest absolute Gasteiger partial charge is 0.267 e. The summed E-state index contributed by atoms with van der Waals surface area (Å²) in [5, 5.41) is 3.82. The van der Waals surface area contributed by atoms with E-state index in [1.165, 1.54) is 18.3 Å². The molecule has 0 saturated heterocycles. The number of nitrogens with one attached hydrogen (secondary N) is 1. The second-order valence-electron chi connectivity index (χ2n) is 3.73. The summed E-state index contributed by atoms with van der Waals surface area (Å²) in [6.45, 7) is 0. The molecule has 0 fully saturated rings. The summed E-state index contributed by atoms with van der Waals surface area (Å²) in [4.78, 5) is 11.8. The Hall–Kier alpha value is -2.01. The molecule has 0 aliphatic carbocycles. The van der Waals surface area contributed by atoms with E-state index in [0.717, 1.165) is 0 Å². The van der Waals surface area contributed by atoms with E-state index < -0.39 is 0 Å². The van der Waals surface area contributed by atoms with E-state index in [-0.39, 0.29) is 11.7 Å². The van der Waals surface area contributed by atoms with E-state index in [0.29, 0.717) is 15.6 Å². The second kappa shape index (κ2) is 6.24. The highest BCUT2D eigenvalue weighted by Gasteiger charge is 2.07. The van der Waals surface area contributed by atoms with Crippen molar-refractivity contribution in [2.75, 3.05) is 0 Å². The molecular formula is C14H10BrFN2O. The summed E-state index contributed by atoms with van der Waals surface area (Å²) >= 11 is 3.29. The standard InChI is InChI=1S/C14H10BrFN2O/c15-13-4-2-1-3-12(13)14(19)18-17-9-10-5-7-11(16)8-6-10/h1-9H,(H,18,19)/b17-9+. The van der Waals surface area contributed by atoms with Crippen molar-refractivity contribution < 1.29 is 9.18 Å². The van der Waals surface area contributed by atoms with E-state index >= 15 is 0 Å². The molecule has 1 N–H and O–H groups in total. The van der Waals surface area contributed by atoms with Crippen LogP contribution in [0.25, 0.3) is 0 Å². The number of nitrogens with zero attached hydrogens (tertiary/aromatic N) is 1. The molecule has 3 nitrogen and oxygen atoms in total. The summed E-state index contributed by atoms with van der Waals surface area (Å²) < 4.78 is 13.4. The molecule has 0 spiro atoms. The summed E-state index contributed by atoms with van der Waals surface area (Å²) in [5.41, 5.74) is 3.61. The van der Waals surface area contributed by atoms with Crippen LogP contribution in [0.3, 0.4) is 0 Å². The monoisotopic (exact) mass is 320 g/mol. The minimum atomic E-state index is -0.314. The largest absolute Gasteiger partial charge is 0.272 e. The average molecular weight is 321 g/mol. The molecule has 0 radical (unpaired) electrons. The number of halogens is 2. The highest BCUT2D eigenvalue weighted by molar-refractivity contribution is 9.10. The lowest BCUT2D eigenvalue weighted by Crippen LogP contribution is -2.18. The van der Waals surface area contributed by atoms with E-state index in [2.05, 4.69) is 26.5 Å². The Kier molecular flexibility index (Phi) is 4.41. The maximum absolute atomic E-state index is 12.7. The lowest BCUT2D eigenvalue weighted by atomic mass is 10.2. The number of carbonyl (C=O) groups excluding carboxylic acids is 1. The van der Waals surface area contributed by atoms with Crippen LogP contribution in [0.4, 0.5) is 4.39 Å². The Labute approximate surface area is 118 Å². The molecule has 96 valence electrons. The maximum Gasteiger partial charge on any atom is 0.272 e. The molecule has 2 aromatic carbocycles. The Morgan fingerprint density at radius 2 is 1.84 bits per heavy atom. The first kappa shape index (κ1) is 13.4. The number of hydrazone groups is 1. The molecule has 0 unspecified atom stereocenters. The van der Waals surface area contributed by atoms with Crippen LogP contribution in [0, 0.1) is 5.82 Å². The molecule has 19 heavy (non-hydrogen) atoms. The Balaban J connectivity index is 2.01. The van der Waals surface area contributed by atoms with Gasteiger partial charge in [0, 0.05) is 4.47 Å². The molecule has 0 aliphatic heterocycles. The summed E-state index contributed by atoms with van der Waals surface area (Å²) in [7, 11) is 0. The van der Waals surface area contributed by atoms with Gasteiger partial charge in [-0.05, 0) is 45.8 Å². The van der Waals surface area contributed by atoms with E-state index in [1.54, 1.807) is 30.3 Å². The number of rotatable bonds is 3. The number of amides is 1. The van der Waals surface area contributed by atoms with Gasteiger partial charge in [0.1, 0.15) is 5.82 Å². The number of hydrogen-bond acceptors (Lipinski definition) is 2. The molecule has 0 bridgehead atoms. The van der Waals surface area contributed by atoms with Crippen LogP contribution in [0.5, 0.6) is 0 Å². The summed E-state index contributed by atoms with van der Waals surface area (Å²) in [6.07, 6.45) is 1.45. The molecule has 0 aromatic heterocycles. The fourth-order valence-corrected chi connectivity index (χ4v) is 1.88. The molecule has 0 aliphatic rings. The molecule has 2 rings (SSSR count). The molecule has 2 aromatic rings. The third-order valence-corrected chi connectivity index (χ3v) is 3.06. The van der Waals surface area contributed by atoms with Gasteiger partial charge in [0.25, 0.3) is 5.91 Å². The lowest BCUT2D eigenvalue weighted by molar-refractivity contribution is 0.0954. The predicted octanol–water partition coefficient (Wildman–Crippen LogP) is 3.35. The van der Waals surface area contributed by atoms with Crippen molar-refractivity contribution >= 4 is 28.1 Å². The van der Waals surface area contributed by atoms with E-state index in [4.69, 9.17) is 0 Å². The normalized spacial score (nSPS) is 10.6. The highest BCUT2D eigenvalue weighted by Crippen LogP contribution is 2.15.